The quantitative estimate of drug-likeness (QED) is 0.0403. The Morgan fingerprint density at radius 3 is 1.49 bits per heavy atom. The topological polar surface area (TPSA) is 77.3 Å². The number of fused-ring (bicyclic) bond motifs is 5. The normalized spacial score (nSPS) is 13.0. The van der Waals surface area contributed by atoms with Crippen LogP contribution < -0.4 is 0 Å². The lowest BCUT2D eigenvalue weighted by Crippen LogP contribution is -2.27. The van der Waals surface area contributed by atoms with E-state index in [1.807, 2.05) is 28.9 Å². The summed E-state index contributed by atoms with van der Waals surface area (Å²) in [6, 6.07) is 16.4. The molecule has 0 atom stereocenters. The molecule has 0 spiro atoms. The smallest absolute Gasteiger partial charge is 0.116 e. The Bertz CT molecular complexity index is 2730. The summed E-state index contributed by atoms with van der Waals surface area (Å²) < 4.78 is 10.2. The maximum atomic E-state index is 5.79. The van der Waals surface area contributed by atoms with Crippen LogP contribution in [0.3, 0.4) is 0 Å². The first-order valence-corrected chi connectivity index (χ1v) is 30.4. The molecule has 8 rings (SSSR count). The van der Waals surface area contributed by atoms with E-state index in [4.69, 9.17) is 28.7 Å². The number of hydrogen-bond donors (Lipinski definition) is 0. The lowest BCUT2D eigenvalue weighted by Gasteiger charge is -2.32. The zero-order chi connectivity index (χ0) is 48.7. The second kappa shape index (κ2) is 26.2. The highest BCUT2D eigenvalue weighted by Crippen LogP contribution is 2.54. The fourth-order valence-corrected chi connectivity index (χ4v) is 13.8. The van der Waals surface area contributed by atoms with Gasteiger partial charge in [0.2, 0.25) is 0 Å². The molecule has 70 heavy (non-hydrogen) atoms. The molecule has 5 aromatic heterocycles. The van der Waals surface area contributed by atoms with Crippen LogP contribution in [0.5, 0.6) is 0 Å². The largest absolute Gasteiger partial charge is 0.253 e. The summed E-state index contributed by atoms with van der Waals surface area (Å²) >= 11 is 5.02. The second-order valence-electron chi connectivity index (χ2n) is 20.7. The number of unbranched alkanes of at least 4 members (excludes halogenated alkanes) is 20. The zero-order valence-electron chi connectivity index (χ0n) is 43.8. The molecule has 7 aromatic rings. The molecule has 1 aliphatic rings. The first kappa shape index (κ1) is 52.4. The Kier molecular flexibility index (Phi) is 19.6. The lowest BCUT2D eigenvalue weighted by atomic mass is 9.72. The molecule has 6 nitrogen and oxygen atoms in total. The van der Waals surface area contributed by atoms with Gasteiger partial charge in [0.1, 0.15) is 22.1 Å². The van der Waals surface area contributed by atoms with E-state index < -0.39 is 0 Å². The van der Waals surface area contributed by atoms with Crippen LogP contribution in [0.15, 0.2) is 48.7 Å². The maximum absolute atomic E-state index is 5.79. The summed E-state index contributed by atoms with van der Waals surface area (Å²) in [5.74, 6) is 0. The van der Waals surface area contributed by atoms with E-state index in [2.05, 4.69) is 84.0 Å². The van der Waals surface area contributed by atoms with E-state index in [1.165, 1.54) is 206 Å². The van der Waals surface area contributed by atoms with Crippen molar-refractivity contribution < 1.29 is 0 Å². The van der Waals surface area contributed by atoms with E-state index in [9.17, 15) is 0 Å². The molecule has 9 heteroatoms. The van der Waals surface area contributed by atoms with Crippen LogP contribution in [0.2, 0.25) is 0 Å². The minimum atomic E-state index is -0.130. The van der Waals surface area contributed by atoms with E-state index in [0.717, 1.165) is 83.1 Å². The number of hydrogen-bond acceptors (Lipinski definition) is 9. The Labute approximate surface area is 433 Å². The maximum Gasteiger partial charge on any atom is 0.116 e. The second-order valence-corrected chi connectivity index (χ2v) is 23.6. The average Bonchev–Trinajstić information content (AvgIpc) is 4.20. The molecule has 0 aliphatic heterocycles. The first-order chi connectivity index (χ1) is 34.4. The van der Waals surface area contributed by atoms with E-state index >= 15 is 0 Å². The van der Waals surface area contributed by atoms with Gasteiger partial charge in [-0.25, -0.2) is 9.97 Å². The molecule has 0 bridgehead atoms. The Balaban J connectivity index is 1.21. The summed E-state index contributed by atoms with van der Waals surface area (Å²) in [6.45, 7) is 13.5. The van der Waals surface area contributed by atoms with Crippen molar-refractivity contribution in [1.82, 2.24) is 28.7 Å². The highest BCUT2D eigenvalue weighted by Gasteiger charge is 2.45. The highest BCUT2D eigenvalue weighted by atomic mass is 32.1. The number of aromatic nitrogens is 6. The molecule has 0 saturated carbocycles. The van der Waals surface area contributed by atoms with Crippen molar-refractivity contribution in [2.24, 2.45) is 0 Å². The summed E-state index contributed by atoms with van der Waals surface area (Å²) in [6.07, 6.45) is 36.9. The first-order valence-electron chi connectivity index (χ1n) is 28.0. The molecule has 0 fully saturated rings. The molecular formula is C61H82N6S3. The van der Waals surface area contributed by atoms with Crippen molar-refractivity contribution in [3.8, 4) is 42.6 Å². The molecule has 0 radical (unpaired) electrons. The predicted molar refractivity (Wildman–Crippen MR) is 304 cm³/mol. The van der Waals surface area contributed by atoms with Crippen LogP contribution in [0.4, 0.5) is 0 Å². The van der Waals surface area contributed by atoms with Crippen LogP contribution in [-0.2, 0) is 18.3 Å². The zero-order valence-corrected chi connectivity index (χ0v) is 46.3. The van der Waals surface area contributed by atoms with Gasteiger partial charge in [-0.05, 0) is 93.8 Å². The predicted octanol–water partition coefficient (Wildman–Crippen LogP) is 19.7. The van der Waals surface area contributed by atoms with Crippen molar-refractivity contribution in [3.05, 3.63) is 81.9 Å². The van der Waals surface area contributed by atoms with Crippen LogP contribution in [0.25, 0.3) is 64.6 Å². The van der Waals surface area contributed by atoms with Gasteiger partial charge >= 0.3 is 0 Å². The van der Waals surface area contributed by atoms with Gasteiger partial charge in [-0.15, -0.1) is 22.7 Å². The fourth-order valence-electron chi connectivity index (χ4n) is 11.3. The highest BCUT2D eigenvalue weighted by molar-refractivity contribution is 7.19. The van der Waals surface area contributed by atoms with Gasteiger partial charge in [0.25, 0.3) is 0 Å². The molecule has 2 aromatic carbocycles. The van der Waals surface area contributed by atoms with E-state index in [-0.39, 0.29) is 5.41 Å². The standard InChI is InChI=1S/C61H82N6S3/c1-7-11-15-19-23-27-31-48-49(32-28-24-20-16-12-8-2)65-57-54(59-58(66-70-67-59)53(56(57)64-48)51-36-33-44(6)68-51)52-38-37-50(69-52)45-34-35-46-47(41-45)61(39-29-25-21-17-13-9-3,40-30-26-22-18-14-10-4)60-55(46)62-42-43(5)63-60/h33-38,41-42H,7-32,39-40H2,1-6H3. The monoisotopic (exact) mass is 995 g/mol. The van der Waals surface area contributed by atoms with Crippen LogP contribution in [0.1, 0.15) is 228 Å². The molecular weight excluding hydrogens is 913 g/mol. The van der Waals surface area contributed by atoms with Crippen molar-refractivity contribution in [1.29, 1.82) is 0 Å². The third-order valence-corrected chi connectivity index (χ3v) is 17.9. The number of thiophene rings is 2. The molecule has 0 amide bonds. The van der Waals surface area contributed by atoms with Gasteiger partial charge in [0, 0.05) is 47.8 Å². The van der Waals surface area contributed by atoms with Crippen molar-refractivity contribution >= 4 is 56.5 Å². The van der Waals surface area contributed by atoms with E-state index in [1.54, 1.807) is 0 Å². The van der Waals surface area contributed by atoms with Gasteiger partial charge in [0.05, 0.1) is 40.2 Å². The Morgan fingerprint density at radius 1 is 0.471 bits per heavy atom. The third kappa shape index (κ3) is 12.3. The minimum absolute atomic E-state index is 0.130. The third-order valence-electron chi connectivity index (χ3n) is 15.2. The van der Waals surface area contributed by atoms with Gasteiger partial charge in [-0.2, -0.15) is 8.75 Å². The summed E-state index contributed by atoms with van der Waals surface area (Å²) in [5.41, 5.74) is 15.7. The van der Waals surface area contributed by atoms with Crippen molar-refractivity contribution in [2.75, 3.05) is 0 Å². The summed E-state index contributed by atoms with van der Waals surface area (Å²) in [5, 5.41) is 0. The molecule has 374 valence electrons. The van der Waals surface area contributed by atoms with Gasteiger partial charge in [0.15, 0.2) is 0 Å². The van der Waals surface area contributed by atoms with Crippen molar-refractivity contribution in [3.63, 3.8) is 0 Å². The van der Waals surface area contributed by atoms with Crippen molar-refractivity contribution in [2.45, 2.75) is 227 Å². The van der Waals surface area contributed by atoms with Crippen LogP contribution in [-0.4, -0.2) is 28.7 Å². The Hall–Kier alpha value is -3.92. The van der Waals surface area contributed by atoms with E-state index in [0.29, 0.717) is 0 Å². The Morgan fingerprint density at radius 2 is 0.957 bits per heavy atom. The molecule has 0 saturated heterocycles. The number of benzene rings is 2. The van der Waals surface area contributed by atoms with Crippen LogP contribution >= 0.6 is 34.4 Å². The molecule has 1 aliphatic carbocycles. The molecule has 0 N–H and O–H groups in total. The number of aryl methyl sites for hydroxylation is 4. The molecule has 5 heterocycles. The van der Waals surface area contributed by atoms with Gasteiger partial charge in [-0.3, -0.25) is 9.97 Å². The fraction of sp³-hybridized carbons (Fsp3) is 0.574. The SMILES string of the molecule is CCCCCCCCc1nc2c(-c3ccc(C)s3)c3nsnc3c(-c3ccc(-c4ccc5c(c4)C(CCCCCCCC)(CCCCCCCC)c4nc(C)cnc4-5)s3)c2nc1CCCCCCCC. The number of rotatable bonds is 31. The summed E-state index contributed by atoms with van der Waals surface area (Å²) in [4.78, 5) is 27.0. The molecule has 0 unspecified atom stereocenters. The van der Waals surface area contributed by atoms with Gasteiger partial charge in [-0.1, -0.05) is 181 Å². The van der Waals surface area contributed by atoms with Crippen LogP contribution in [0, 0.1) is 13.8 Å². The minimum Gasteiger partial charge on any atom is -0.253 e. The number of nitrogens with zero attached hydrogens (tertiary/aromatic N) is 6. The lowest BCUT2D eigenvalue weighted by molar-refractivity contribution is 0.389. The van der Waals surface area contributed by atoms with Gasteiger partial charge < -0.3 is 0 Å². The average molecular weight is 996 g/mol. The summed E-state index contributed by atoms with van der Waals surface area (Å²) in [7, 11) is 0.